The molecule has 0 aliphatic rings. The van der Waals surface area contributed by atoms with Gasteiger partial charge in [-0.05, 0) is 24.6 Å². The maximum absolute atomic E-state index is 12.6. The smallest absolute Gasteiger partial charge is 0.314 e. The number of rotatable bonds is 4. The molecule has 0 saturated heterocycles. The molecule has 0 radical (unpaired) electrons. The lowest BCUT2D eigenvalue weighted by molar-refractivity contribution is 0.116. The molecule has 7 heteroatoms. The minimum Gasteiger partial charge on any atom is -0.415 e. The number of hydrogen-bond acceptors (Lipinski definition) is 4. The van der Waals surface area contributed by atoms with Crippen LogP contribution in [0.15, 0.2) is 53.2 Å². The van der Waals surface area contributed by atoms with Crippen LogP contribution >= 0.6 is 0 Å². The summed E-state index contributed by atoms with van der Waals surface area (Å²) in [7, 11) is 0. The van der Waals surface area contributed by atoms with E-state index >= 15 is 0 Å². The van der Waals surface area contributed by atoms with Gasteiger partial charge in [0.1, 0.15) is 5.65 Å². The van der Waals surface area contributed by atoms with Crippen molar-refractivity contribution in [3.63, 3.8) is 0 Å². The Morgan fingerprint density at radius 3 is 2.64 bits per heavy atom. The Labute approximate surface area is 142 Å². The molecule has 5 nitrogen and oxygen atoms in total. The molecule has 126 valence electrons. The molecular weight excluding hydrogens is 326 g/mol. The molecule has 3 heterocycles. The van der Waals surface area contributed by atoms with Gasteiger partial charge in [-0.15, -0.1) is 10.2 Å². The van der Waals surface area contributed by atoms with E-state index in [0.29, 0.717) is 17.6 Å². The Balaban J connectivity index is 1.63. The van der Waals surface area contributed by atoms with Crippen LogP contribution in [0.1, 0.15) is 29.1 Å². The van der Waals surface area contributed by atoms with Gasteiger partial charge in [0.25, 0.3) is 5.89 Å². The van der Waals surface area contributed by atoms with Crippen molar-refractivity contribution in [2.75, 3.05) is 0 Å². The molecule has 0 bridgehead atoms. The first kappa shape index (κ1) is 15.4. The van der Waals surface area contributed by atoms with Crippen LogP contribution in [0.3, 0.4) is 0 Å². The lowest BCUT2D eigenvalue weighted by Crippen LogP contribution is -1.87. The van der Waals surface area contributed by atoms with Gasteiger partial charge in [-0.3, -0.25) is 0 Å². The van der Waals surface area contributed by atoms with E-state index < -0.39 is 12.3 Å². The fraction of sp³-hybridized carbons (Fsp3) is 0.167. The number of imidazole rings is 1. The minimum atomic E-state index is -2.78. The van der Waals surface area contributed by atoms with Crippen LogP contribution in [0.25, 0.3) is 17.1 Å². The van der Waals surface area contributed by atoms with Gasteiger partial charge in [0.05, 0.1) is 5.69 Å². The standard InChI is InChI=1S/C18H14F2N4O/c1-11-2-4-12(5-3-11)8-14-10-24-7-6-13(9-15(24)21-14)17-22-23-18(25-17)16(19)20/h2-7,9-10,16H,8H2,1H3. The van der Waals surface area contributed by atoms with E-state index in [2.05, 4.69) is 39.4 Å². The topological polar surface area (TPSA) is 56.2 Å². The lowest BCUT2D eigenvalue weighted by Gasteiger charge is -1.98. The molecule has 4 rings (SSSR count). The number of hydrogen-bond donors (Lipinski definition) is 0. The number of aryl methyl sites for hydroxylation is 1. The van der Waals surface area contributed by atoms with Crippen molar-refractivity contribution in [3.8, 4) is 11.5 Å². The zero-order chi connectivity index (χ0) is 17.4. The van der Waals surface area contributed by atoms with Gasteiger partial charge in [0.15, 0.2) is 0 Å². The molecule has 0 amide bonds. The summed E-state index contributed by atoms with van der Waals surface area (Å²) in [6.07, 6.45) is 1.67. The van der Waals surface area contributed by atoms with Gasteiger partial charge in [-0.25, -0.2) is 4.98 Å². The van der Waals surface area contributed by atoms with Crippen molar-refractivity contribution in [2.45, 2.75) is 19.8 Å². The largest absolute Gasteiger partial charge is 0.415 e. The van der Waals surface area contributed by atoms with Crippen molar-refractivity contribution >= 4 is 5.65 Å². The first-order chi connectivity index (χ1) is 12.1. The van der Waals surface area contributed by atoms with Crippen LogP contribution in [-0.4, -0.2) is 19.6 Å². The highest BCUT2D eigenvalue weighted by atomic mass is 19.3. The Kier molecular flexibility index (Phi) is 3.76. The summed E-state index contributed by atoms with van der Waals surface area (Å²) in [5, 5.41) is 7.01. The average Bonchev–Trinajstić information content (AvgIpc) is 3.22. The summed E-state index contributed by atoms with van der Waals surface area (Å²) in [6, 6.07) is 11.8. The van der Waals surface area contributed by atoms with Crippen molar-refractivity contribution in [1.82, 2.24) is 19.6 Å². The van der Waals surface area contributed by atoms with Crippen LogP contribution in [0.2, 0.25) is 0 Å². The van der Waals surface area contributed by atoms with Crippen LogP contribution in [-0.2, 0) is 6.42 Å². The normalized spacial score (nSPS) is 11.5. The molecule has 3 aromatic heterocycles. The van der Waals surface area contributed by atoms with E-state index in [0.717, 1.165) is 5.69 Å². The Bertz CT molecular complexity index is 1020. The predicted molar refractivity (Wildman–Crippen MR) is 87.4 cm³/mol. The Morgan fingerprint density at radius 1 is 1.12 bits per heavy atom. The first-order valence-electron chi connectivity index (χ1n) is 7.73. The van der Waals surface area contributed by atoms with E-state index in [9.17, 15) is 8.78 Å². The molecule has 0 aliphatic carbocycles. The Morgan fingerprint density at radius 2 is 1.92 bits per heavy atom. The quantitative estimate of drug-likeness (QED) is 0.558. The summed E-state index contributed by atoms with van der Waals surface area (Å²) < 4.78 is 32.0. The second-order valence-electron chi connectivity index (χ2n) is 5.82. The number of halogens is 2. The average molecular weight is 340 g/mol. The van der Waals surface area contributed by atoms with Crippen molar-refractivity contribution < 1.29 is 13.2 Å². The second-order valence-corrected chi connectivity index (χ2v) is 5.82. The fourth-order valence-electron chi connectivity index (χ4n) is 2.61. The van der Waals surface area contributed by atoms with Gasteiger partial charge >= 0.3 is 6.43 Å². The van der Waals surface area contributed by atoms with Gasteiger partial charge in [0.2, 0.25) is 5.89 Å². The highest BCUT2D eigenvalue weighted by Gasteiger charge is 2.17. The maximum Gasteiger partial charge on any atom is 0.314 e. The molecule has 4 aromatic rings. The van der Waals surface area contributed by atoms with Crippen LogP contribution < -0.4 is 0 Å². The minimum absolute atomic E-state index is 0.0564. The van der Waals surface area contributed by atoms with Crippen LogP contribution in [0.4, 0.5) is 8.78 Å². The number of alkyl halides is 2. The second kappa shape index (κ2) is 6.08. The van der Waals surface area contributed by atoms with E-state index in [1.807, 2.05) is 17.5 Å². The third-order valence-corrected chi connectivity index (χ3v) is 3.89. The number of pyridine rings is 1. The number of benzene rings is 1. The van der Waals surface area contributed by atoms with Crippen molar-refractivity contribution in [2.24, 2.45) is 0 Å². The van der Waals surface area contributed by atoms with Crippen molar-refractivity contribution in [3.05, 3.63) is 71.5 Å². The van der Waals surface area contributed by atoms with E-state index in [4.69, 9.17) is 4.42 Å². The highest BCUT2D eigenvalue weighted by Crippen LogP contribution is 2.24. The van der Waals surface area contributed by atoms with Gasteiger partial charge < -0.3 is 8.82 Å². The number of nitrogens with zero attached hydrogens (tertiary/aromatic N) is 4. The van der Waals surface area contributed by atoms with Gasteiger partial charge in [-0.1, -0.05) is 29.8 Å². The maximum atomic E-state index is 12.6. The lowest BCUT2D eigenvalue weighted by atomic mass is 10.1. The third kappa shape index (κ3) is 3.13. The predicted octanol–water partition coefficient (Wildman–Crippen LogP) is 4.22. The number of fused-ring (bicyclic) bond motifs is 1. The first-order valence-corrected chi connectivity index (χ1v) is 7.73. The molecule has 0 N–H and O–H groups in total. The van der Waals surface area contributed by atoms with Crippen molar-refractivity contribution in [1.29, 1.82) is 0 Å². The summed E-state index contributed by atoms with van der Waals surface area (Å²) >= 11 is 0. The van der Waals surface area contributed by atoms with E-state index in [1.165, 1.54) is 11.1 Å². The van der Waals surface area contributed by atoms with Gasteiger partial charge in [-0.2, -0.15) is 8.78 Å². The summed E-state index contributed by atoms with van der Waals surface area (Å²) in [5.41, 5.74) is 4.55. The fourth-order valence-corrected chi connectivity index (χ4v) is 2.61. The molecule has 0 spiro atoms. The Hall–Kier alpha value is -3.09. The monoisotopic (exact) mass is 340 g/mol. The summed E-state index contributed by atoms with van der Waals surface area (Å²) in [4.78, 5) is 4.58. The zero-order valence-corrected chi connectivity index (χ0v) is 13.4. The van der Waals surface area contributed by atoms with Crippen LogP contribution in [0, 0.1) is 6.92 Å². The molecule has 0 atom stereocenters. The molecule has 0 unspecified atom stereocenters. The number of aromatic nitrogens is 4. The molecular formula is C18H14F2N4O. The molecule has 0 aliphatic heterocycles. The van der Waals surface area contributed by atoms with E-state index in [-0.39, 0.29) is 5.89 Å². The third-order valence-electron chi connectivity index (χ3n) is 3.89. The van der Waals surface area contributed by atoms with E-state index in [1.54, 1.807) is 18.3 Å². The summed E-state index contributed by atoms with van der Waals surface area (Å²) in [5.74, 6) is -0.626. The summed E-state index contributed by atoms with van der Waals surface area (Å²) in [6.45, 7) is 2.05. The van der Waals surface area contributed by atoms with Gasteiger partial charge in [0, 0.05) is 24.4 Å². The molecule has 25 heavy (non-hydrogen) atoms. The molecule has 0 saturated carbocycles. The SMILES string of the molecule is Cc1ccc(Cc2cn3ccc(-c4nnc(C(F)F)o4)cc3n2)cc1. The molecule has 1 aromatic carbocycles. The highest BCUT2D eigenvalue weighted by molar-refractivity contribution is 5.60. The van der Waals surface area contributed by atoms with Crippen LogP contribution in [0.5, 0.6) is 0 Å². The molecule has 0 fully saturated rings. The zero-order valence-electron chi connectivity index (χ0n) is 13.4.